The van der Waals surface area contributed by atoms with E-state index in [2.05, 4.69) is 5.32 Å². The molecule has 0 aliphatic carbocycles. The van der Waals surface area contributed by atoms with E-state index < -0.39 is 17.6 Å². The Bertz CT molecular complexity index is 769. The molecule has 1 N–H and O–H groups in total. The van der Waals surface area contributed by atoms with Crippen molar-refractivity contribution in [3.8, 4) is 6.07 Å². The molecule has 24 heavy (non-hydrogen) atoms. The number of nitrogens with one attached hydrogen (secondary N) is 1. The molecule has 0 saturated heterocycles. The molecule has 124 valence electrons. The highest BCUT2D eigenvalue weighted by atomic mass is 32.2. The van der Waals surface area contributed by atoms with Gasteiger partial charge in [-0.2, -0.15) is 18.4 Å². The summed E-state index contributed by atoms with van der Waals surface area (Å²) < 4.78 is 38.6. The van der Waals surface area contributed by atoms with Crippen LogP contribution in [0, 0.1) is 11.3 Å². The second kappa shape index (κ2) is 7.88. The number of thioether (sulfide) groups is 1. The molecule has 0 radical (unpaired) electrons. The summed E-state index contributed by atoms with van der Waals surface area (Å²) in [6, 6.07) is 13.8. The molecule has 0 aromatic heterocycles. The van der Waals surface area contributed by atoms with Gasteiger partial charge in [0.1, 0.15) is 0 Å². The minimum atomic E-state index is -4.52. The molecule has 2 rings (SSSR count). The highest BCUT2D eigenvalue weighted by molar-refractivity contribution is 7.99. The molecule has 7 heteroatoms. The number of halogens is 3. The Morgan fingerprint density at radius 3 is 2.62 bits per heavy atom. The van der Waals surface area contributed by atoms with E-state index in [0.29, 0.717) is 11.3 Å². The molecule has 1 amide bonds. The quantitative estimate of drug-likeness (QED) is 0.867. The molecule has 0 heterocycles. The van der Waals surface area contributed by atoms with Crippen molar-refractivity contribution in [2.24, 2.45) is 0 Å². The largest absolute Gasteiger partial charge is 0.418 e. The summed E-state index contributed by atoms with van der Waals surface area (Å²) in [7, 11) is 0. The third-order valence-electron chi connectivity index (χ3n) is 3.06. The molecule has 0 atom stereocenters. The average molecular weight is 350 g/mol. The smallest absolute Gasteiger partial charge is 0.325 e. The lowest BCUT2D eigenvalue weighted by atomic mass is 10.1. The van der Waals surface area contributed by atoms with Crippen molar-refractivity contribution in [1.29, 1.82) is 5.26 Å². The van der Waals surface area contributed by atoms with Gasteiger partial charge in [0.2, 0.25) is 5.91 Å². The van der Waals surface area contributed by atoms with E-state index >= 15 is 0 Å². The van der Waals surface area contributed by atoms with Gasteiger partial charge < -0.3 is 5.32 Å². The zero-order chi connectivity index (χ0) is 17.6. The molecule has 3 nitrogen and oxygen atoms in total. The fourth-order valence-corrected chi connectivity index (χ4v) is 2.79. The Labute approximate surface area is 141 Å². The van der Waals surface area contributed by atoms with E-state index in [1.165, 1.54) is 30.0 Å². The first kappa shape index (κ1) is 17.9. The standard InChI is InChI=1S/C17H13F3N2OS/c18-17(19,20)14-6-1-2-7-15(14)22-16(23)11-24-10-13-5-3-4-12(8-13)9-21/h1-8H,10-11H2,(H,22,23). The maximum absolute atomic E-state index is 12.9. The van der Waals surface area contributed by atoms with Gasteiger partial charge in [-0.1, -0.05) is 24.3 Å². The summed E-state index contributed by atoms with van der Waals surface area (Å²) in [6.45, 7) is 0. The SMILES string of the molecule is N#Cc1cccc(CSCC(=O)Nc2ccccc2C(F)(F)F)c1. The summed E-state index contributed by atoms with van der Waals surface area (Å²) in [4.78, 5) is 11.9. The average Bonchev–Trinajstić information content (AvgIpc) is 2.54. The zero-order valence-electron chi connectivity index (χ0n) is 12.4. The number of hydrogen-bond donors (Lipinski definition) is 1. The van der Waals surface area contributed by atoms with Crippen molar-refractivity contribution >= 4 is 23.4 Å². The Morgan fingerprint density at radius 2 is 1.92 bits per heavy atom. The van der Waals surface area contributed by atoms with Gasteiger partial charge in [0.15, 0.2) is 0 Å². The second-order valence-electron chi connectivity index (χ2n) is 4.90. The van der Waals surface area contributed by atoms with Crippen LogP contribution in [0.5, 0.6) is 0 Å². The van der Waals surface area contributed by atoms with E-state index in [1.54, 1.807) is 18.2 Å². The number of carbonyl (C=O) groups excluding carboxylic acids is 1. The number of anilines is 1. The predicted octanol–water partition coefficient (Wildman–Crippen LogP) is 4.45. The lowest BCUT2D eigenvalue weighted by Gasteiger charge is -2.13. The molecule has 0 unspecified atom stereocenters. The van der Waals surface area contributed by atoms with E-state index in [9.17, 15) is 18.0 Å². The van der Waals surface area contributed by atoms with Gasteiger partial charge in [0, 0.05) is 5.75 Å². The number of carbonyl (C=O) groups is 1. The minimum absolute atomic E-state index is 0.0168. The number of nitrogens with zero attached hydrogens (tertiary/aromatic N) is 1. The summed E-state index contributed by atoms with van der Waals surface area (Å²) in [5.41, 5.74) is 0.284. The highest BCUT2D eigenvalue weighted by Gasteiger charge is 2.33. The van der Waals surface area contributed by atoms with Gasteiger partial charge in [-0.15, -0.1) is 11.8 Å². The summed E-state index contributed by atoms with van der Waals surface area (Å²) >= 11 is 1.26. The van der Waals surface area contributed by atoms with Crippen LogP contribution in [0.1, 0.15) is 16.7 Å². The van der Waals surface area contributed by atoms with Crippen LogP contribution in [0.25, 0.3) is 0 Å². The topological polar surface area (TPSA) is 52.9 Å². The first-order valence-corrected chi connectivity index (χ1v) is 8.08. The first-order chi connectivity index (χ1) is 11.4. The molecule has 0 saturated carbocycles. The Hall–Kier alpha value is -2.46. The van der Waals surface area contributed by atoms with Crippen LogP contribution < -0.4 is 5.32 Å². The molecular formula is C17H13F3N2OS. The number of amides is 1. The van der Waals surface area contributed by atoms with Gasteiger partial charge >= 0.3 is 6.18 Å². The number of para-hydroxylation sites is 1. The highest BCUT2D eigenvalue weighted by Crippen LogP contribution is 2.34. The number of hydrogen-bond acceptors (Lipinski definition) is 3. The van der Waals surface area contributed by atoms with Gasteiger partial charge in [0.25, 0.3) is 0 Å². The van der Waals surface area contributed by atoms with Crippen LogP contribution in [-0.2, 0) is 16.7 Å². The predicted molar refractivity (Wildman–Crippen MR) is 87.4 cm³/mol. The first-order valence-electron chi connectivity index (χ1n) is 6.93. The van der Waals surface area contributed by atoms with Gasteiger partial charge in [-0.3, -0.25) is 4.79 Å². The van der Waals surface area contributed by atoms with Crippen LogP contribution in [0.4, 0.5) is 18.9 Å². The monoisotopic (exact) mass is 350 g/mol. The molecule has 2 aromatic rings. The summed E-state index contributed by atoms with van der Waals surface area (Å²) in [5, 5.41) is 11.1. The number of alkyl halides is 3. The Balaban J connectivity index is 1.91. The van der Waals surface area contributed by atoms with Crippen molar-refractivity contribution in [2.75, 3.05) is 11.1 Å². The van der Waals surface area contributed by atoms with Crippen LogP contribution in [0.15, 0.2) is 48.5 Å². The fraction of sp³-hybridized carbons (Fsp3) is 0.176. The van der Waals surface area contributed by atoms with Crippen LogP contribution in [0.2, 0.25) is 0 Å². The molecule has 2 aromatic carbocycles. The third-order valence-corrected chi connectivity index (χ3v) is 4.07. The fourth-order valence-electron chi connectivity index (χ4n) is 2.02. The van der Waals surface area contributed by atoms with Crippen molar-refractivity contribution in [1.82, 2.24) is 0 Å². The van der Waals surface area contributed by atoms with Crippen molar-refractivity contribution in [3.63, 3.8) is 0 Å². The van der Waals surface area contributed by atoms with E-state index in [4.69, 9.17) is 5.26 Å². The minimum Gasteiger partial charge on any atom is -0.325 e. The second-order valence-corrected chi connectivity index (χ2v) is 5.88. The van der Waals surface area contributed by atoms with Crippen molar-refractivity contribution in [3.05, 3.63) is 65.2 Å². The summed E-state index contributed by atoms with van der Waals surface area (Å²) in [6.07, 6.45) is -4.52. The number of nitriles is 1. The molecular weight excluding hydrogens is 337 g/mol. The van der Waals surface area contributed by atoms with E-state index in [-0.39, 0.29) is 11.4 Å². The maximum Gasteiger partial charge on any atom is 0.418 e. The van der Waals surface area contributed by atoms with Gasteiger partial charge in [-0.25, -0.2) is 0 Å². The summed E-state index contributed by atoms with van der Waals surface area (Å²) in [5.74, 6) is 0.000422. The van der Waals surface area contributed by atoms with E-state index in [0.717, 1.165) is 11.6 Å². The maximum atomic E-state index is 12.9. The third kappa shape index (κ3) is 5.03. The molecule has 0 aliphatic rings. The van der Waals surface area contributed by atoms with Crippen LogP contribution >= 0.6 is 11.8 Å². The number of rotatable bonds is 5. The van der Waals surface area contributed by atoms with E-state index in [1.807, 2.05) is 12.1 Å². The molecule has 0 aliphatic heterocycles. The van der Waals surface area contributed by atoms with Gasteiger partial charge in [0.05, 0.1) is 28.6 Å². The number of benzene rings is 2. The molecule has 0 fully saturated rings. The van der Waals surface area contributed by atoms with Gasteiger partial charge in [-0.05, 0) is 29.8 Å². The Morgan fingerprint density at radius 1 is 1.17 bits per heavy atom. The molecule has 0 spiro atoms. The lowest BCUT2D eigenvalue weighted by molar-refractivity contribution is -0.137. The van der Waals surface area contributed by atoms with Crippen LogP contribution in [0.3, 0.4) is 0 Å². The van der Waals surface area contributed by atoms with Crippen LogP contribution in [-0.4, -0.2) is 11.7 Å². The molecule has 0 bridgehead atoms. The zero-order valence-corrected chi connectivity index (χ0v) is 13.2. The normalized spacial score (nSPS) is 10.9. The van der Waals surface area contributed by atoms with Crippen molar-refractivity contribution < 1.29 is 18.0 Å². The van der Waals surface area contributed by atoms with Crippen molar-refractivity contribution in [2.45, 2.75) is 11.9 Å². The Kier molecular flexibility index (Phi) is 5.88. The lowest BCUT2D eigenvalue weighted by Crippen LogP contribution is -2.18.